The van der Waals surface area contributed by atoms with E-state index in [0.29, 0.717) is 69.2 Å². The maximum atomic E-state index is 13.0. The molecule has 2 fully saturated rings. The first-order valence-corrected chi connectivity index (χ1v) is 17.6. The molecule has 2 atom stereocenters. The maximum absolute atomic E-state index is 13.0. The number of non-ortho nitro benzene ring substituents is 2. The number of rotatable bonds is 18. The molecule has 0 spiro atoms. The topological polar surface area (TPSA) is 243 Å². The van der Waals surface area contributed by atoms with Crippen LogP contribution in [-0.2, 0) is 41.9 Å². The third-order valence-corrected chi connectivity index (χ3v) is 8.98. The monoisotopic (exact) mass is 736 g/mol. The standard InChI is InChI=1S/C35H44N8O10/c44-30(38-28-6-4-18-40(34(28)48)22-32(46)36-20-24-10-14-26(15-11-24)42(50)51)8-2-1-3-9-31(45)39-29-7-5-19-41(35(29)49)23-33(47)37-21-25-12-16-27(17-13-25)43(52)53/h10-17,28-29H,1-9,18-23H2,(H,36,46)(H,37,47)(H,38,44)(H,39,45). The fourth-order valence-electron chi connectivity index (χ4n) is 6.07. The van der Waals surface area contributed by atoms with Gasteiger partial charge in [-0.25, -0.2) is 0 Å². The first kappa shape index (κ1) is 39.8. The number of hydrogen-bond donors (Lipinski definition) is 4. The van der Waals surface area contributed by atoms with Crippen LogP contribution >= 0.6 is 0 Å². The van der Waals surface area contributed by atoms with Crippen molar-refractivity contribution in [2.24, 2.45) is 0 Å². The summed E-state index contributed by atoms with van der Waals surface area (Å²) in [5.74, 6) is -2.07. The molecule has 2 aliphatic rings. The summed E-state index contributed by atoms with van der Waals surface area (Å²) in [6.45, 7) is 0.704. The molecular weight excluding hydrogens is 692 g/mol. The molecule has 0 bridgehead atoms. The molecular formula is C35H44N8O10. The Bertz CT molecular complexity index is 1550. The molecule has 18 heteroatoms. The van der Waals surface area contributed by atoms with Gasteiger partial charge in [0.1, 0.15) is 12.1 Å². The van der Waals surface area contributed by atoms with Crippen molar-refractivity contribution in [3.63, 3.8) is 0 Å². The lowest BCUT2D eigenvalue weighted by atomic mass is 10.0. The van der Waals surface area contributed by atoms with E-state index in [4.69, 9.17) is 0 Å². The minimum absolute atomic E-state index is 0.0554. The number of benzene rings is 2. The van der Waals surface area contributed by atoms with E-state index in [1.54, 1.807) is 24.3 Å². The fraction of sp³-hybridized carbons (Fsp3) is 0.486. The van der Waals surface area contributed by atoms with Crippen molar-refractivity contribution in [1.82, 2.24) is 31.1 Å². The molecule has 2 saturated heterocycles. The van der Waals surface area contributed by atoms with E-state index in [0.717, 1.165) is 0 Å². The molecule has 284 valence electrons. The third kappa shape index (κ3) is 12.7. The Morgan fingerprint density at radius 2 is 0.981 bits per heavy atom. The van der Waals surface area contributed by atoms with Crippen molar-refractivity contribution in [2.45, 2.75) is 83.0 Å². The molecule has 2 aliphatic heterocycles. The van der Waals surface area contributed by atoms with Gasteiger partial charge in [-0.3, -0.25) is 49.0 Å². The molecule has 18 nitrogen and oxygen atoms in total. The molecule has 2 aromatic carbocycles. The van der Waals surface area contributed by atoms with Crippen LogP contribution in [-0.4, -0.2) is 93.4 Å². The molecule has 2 unspecified atom stereocenters. The number of nitrogens with zero attached hydrogens (tertiary/aromatic N) is 4. The maximum Gasteiger partial charge on any atom is 0.269 e. The lowest BCUT2D eigenvalue weighted by molar-refractivity contribution is -0.385. The van der Waals surface area contributed by atoms with Gasteiger partial charge in [0.05, 0.1) is 22.9 Å². The SMILES string of the molecule is O=C(CN1CCCC(NC(=O)CCCCCC(=O)NC2CCCN(CC(=O)NCc3ccc([N+](=O)[O-])cc3)C2=O)C1=O)NCc1ccc([N+](=O)[O-])cc1. The Kier molecular flexibility index (Phi) is 14.7. The lowest BCUT2D eigenvalue weighted by Gasteiger charge is -2.32. The van der Waals surface area contributed by atoms with E-state index < -0.39 is 21.9 Å². The van der Waals surface area contributed by atoms with Crippen LogP contribution in [0.3, 0.4) is 0 Å². The Morgan fingerprint density at radius 1 is 0.604 bits per heavy atom. The zero-order valence-electron chi connectivity index (χ0n) is 29.3. The molecule has 2 heterocycles. The summed E-state index contributed by atoms with van der Waals surface area (Å²) in [6.07, 6.45) is 3.98. The van der Waals surface area contributed by atoms with Crippen molar-refractivity contribution < 1.29 is 38.6 Å². The van der Waals surface area contributed by atoms with Crippen LogP contribution in [0.2, 0.25) is 0 Å². The molecule has 53 heavy (non-hydrogen) atoms. The van der Waals surface area contributed by atoms with Crippen molar-refractivity contribution in [3.05, 3.63) is 79.9 Å². The molecule has 4 rings (SSSR count). The second-order valence-corrected chi connectivity index (χ2v) is 13.0. The Morgan fingerprint density at radius 3 is 1.34 bits per heavy atom. The summed E-state index contributed by atoms with van der Waals surface area (Å²) in [5, 5.41) is 32.5. The number of nitro benzene ring substituents is 2. The highest BCUT2D eigenvalue weighted by molar-refractivity contribution is 5.92. The summed E-state index contributed by atoms with van der Waals surface area (Å²) in [7, 11) is 0. The molecule has 0 radical (unpaired) electrons. The third-order valence-electron chi connectivity index (χ3n) is 8.98. The quantitative estimate of drug-likeness (QED) is 0.0979. The molecule has 0 saturated carbocycles. The van der Waals surface area contributed by atoms with Crippen molar-refractivity contribution in [2.75, 3.05) is 26.2 Å². The number of amides is 6. The predicted octanol–water partition coefficient (Wildman–Crippen LogP) is 1.60. The Balaban J connectivity index is 1.08. The predicted molar refractivity (Wildman–Crippen MR) is 188 cm³/mol. The Labute approximate surface area is 305 Å². The molecule has 0 aliphatic carbocycles. The lowest BCUT2D eigenvalue weighted by Crippen LogP contribution is -2.54. The van der Waals surface area contributed by atoms with Gasteiger partial charge in [-0.1, -0.05) is 30.7 Å². The molecule has 2 aromatic rings. The number of nitrogens with one attached hydrogen (secondary N) is 4. The van der Waals surface area contributed by atoms with Gasteiger partial charge in [-0.05, 0) is 49.7 Å². The van der Waals surface area contributed by atoms with Gasteiger partial charge < -0.3 is 31.1 Å². The zero-order valence-corrected chi connectivity index (χ0v) is 29.3. The van der Waals surface area contributed by atoms with Crippen molar-refractivity contribution >= 4 is 46.8 Å². The number of hydrogen-bond acceptors (Lipinski definition) is 10. The average molecular weight is 737 g/mol. The van der Waals surface area contributed by atoms with Crippen LogP contribution in [0.25, 0.3) is 0 Å². The summed E-state index contributed by atoms with van der Waals surface area (Å²) >= 11 is 0. The van der Waals surface area contributed by atoms with E-state index in [1.807, 2.05) is 0 Å². The molecule has 0 aromatic heterocycles. The average Bonchev–Trinajstić information content (AvgIpc) is 3.13. The van der Waals surface area contributed by atoms with Gasteiger partial charge in [0.2, 0.25) is 35.4 Å². The second kappa shape index (κ2) is 19.6. The van der Waals surface area contributed by atoms with Crippen LogP contribution in [0, 0.1) is 20.2 Å². The molecule has 4 N–H and O–H groups in total. The van der Waals surface area contributed by atoms with Crippen molar-refractivity contribution in [3.8, 4) is 0 Å². The molecule has 6 amide bonds. The number of nitro groups is 2. The summed E-state index contributed by atoms with van der Waals surface area (Å²) in [6, 6.07) is 10.1. The van der Waals surface area contributed by atoms with E-state index in [1.165, 1.54) is 34.1 Å². The van der Waals surface area contributed by atoms with Crippen LogP contribution in [0.5, 0.6) is 0 Å². The normalized spacial score (nSPS) is 17.1. The van der Waals surface area contributed by atoms with Gasteiger partial charge in [0.15, 0.2) is 0 Å². The van der Waals surface area contributed by atoms with Crippen molar-refractivity contribution in [1.29, 1.82) is 0 Å². The van der Waals surface area contributed by atoms with Gasteiger partial charge in [-0.15, -0.1) is 0 Å². The zero-order chi connectivity index (χ0) is 38.3. The van der Waals surface area contributed by atoms with Crippen LogP contribution < -0.4 is 21.3 Å². The summed E-state index contributed by atoms with van der Waals surface area (Å²) < 4.78 is 0. The van der Waals surface area contributed by atoms with Gasteiger partial charge in [0, 0.05) is 63.3 Å². The highest BCUT2D eigenvalue weighted by Crippen LogP contribution is 2.16. The Hall–Kier alpha value is -5.94. The highest BCUT2D eigenvalue weighted by atomic mass is 16.6. The minimum Gasteiger partial charge on any atom is -0.350 e. The number of likely N-dealkylation sites (tertiary alicyclic amines) is 2. The first-order valence-electron chi connectivity index (χ1n) is 17.6. The van der Waals surface area contributed by atoms with Crippen LogP contribution in [0.4, 0.5) is 11.4 Å². The van der Waals surface area contributed by atoms with E-state index in [2.05, 4.69) is 21.3 Å². The van der Waals surface area contributed by atoms with Crippen LogP contribution in [0.15, 0.2) is 48.5 Å². The van der Waals surface area contributed by atoms with E-state index >= 15 is 0 Å². The highest BCUT2D eigenvalue weighted by Gasteiger charge is 2.32. The van der Waals surface area contributed by atoms with Crippen LogP contribution in [0.1, 0.15) is 68.9 Å². The fourth-order valence-corrected chi connectivity index (χ4v) is 6.07. The number of carbonyl (C=O) groups is 6. The van der Waals surface area contributed by atoms with E-state index in [9.17, 15) is 49.0 Å². The smallest absolute Gasteiger partial charge is 0.269 e. The second-order valence-electron chi connectivity index (χ2n) is 13.0. The number of piperidine rings is 2. The van der Waals surface area contributed by atoms with E-state index in [-0.39, 0.29) is 85.8 Å². The summed E-state index contributed by atoms with van der Waals surface area (Å²) in [5.41, 5.74) is 1.23. The largest absolute Gasteiger partial charge is 0.350 e. The first-order chi connectivity index (χ1) is 25.4. The summed E-state index contributed by atoms with van der Waals surface area (Å²) in [4.78, 5) is 99.4. The van der Waals surface area contributed by atoms with Gasteiger partial charge in [-0.2, -0.15) is 0 Å². The number of unbranched alkanes of at least 4 members (excludes halogenated alkanes) is 2. The van der Waals surface area contributed by atoms with Gasteiger partial charge >= 0.3 is 0 Å². The minimum atomic E-state index is -0.738. The number of carbonyl (C=O) groups excluding carboxylic acids is 6. The van der Waals surface area contributed by atoms with Gasteiger partial charge in [0.25, 0.3) is 11.4 Å².